The summed E-state index contributed by atoms with van der Waals surface area (Å²) in [5, 5.41) is 17.8. The zero-order valence-electron chi connectivity index (χ0n) is 21.6. The molecule has 0 radical (unpaired) electrons. The van der Waals surface area contributed by atoms with Crippen LogP contribution in [-0.4, -0.2) is 20.8 Å². The van der Waals surface area contributed by atoms with Gasteiger partial charge in [-0.15, -0.1) is 0 Å². The molecule has 7 heteroatoms. The summed E-state index contributed by atoms with van der Waals surface area (Å²) in [7, 11) is 0. The average molecular weight is 526 g/mol. The minimum atomic E-state index is -0.823. The summed E-state index contributed by atoms with van der Waals surface area (Å²) in [4.78, 5) is 13.2. The van der Waals surface area contributed by atoms with Crippen LogP contribution in [0.25, 0.3) is 11.8 Å². The molecule has 198 valence electrons. The van der Waals surface area contributed by atoms with E-state index in [1.54, 1.807) is 12.1 Å². The average Bonchev–Trinajstić information content (AvgIpc) is 3.48. The third-order valence-electron chi connectivity index (χ3n) is 8.48. The Labute approximate surface area is 225 Å². The molecule has 5 nitrogen and oxygen atoms in total. The fourth-order valence-electron chi connectivity index (χ4n) is 6.28. The third kappa shape index (κ3) is 4.52. The zero-order valence-corrected chi connectivity index (χ0v) is 21.6. The van der Waals surface area contributed by atoms with E-state index in [0.717, 1.165) is 47.8 Å². The van der Waals surface area contributed by atoms with Crippen LogP contribution >= 0.6 is 0 Å². The monoisotopic (exact) mass is 525 g/mol. The molecule has 0 spiro atoms. The molecule has 6 rings (SSSR count). The minimum Gasteiger partial charge on any atom is -0.504 e. The number of nitrogens with one attached hydrogen (secondary N) is 1. The number of aromatic nitrogens is 2. The Balaban J connectivity index is 1.28. The first-order valence-corrected chi connectivity index (χ1v) is 13.2. The fourth-order valence-corrected chi connectivity index (χ4v) is 6.28. The van der Waals surface area contributed by atoms with Gasteiger partial charge in [0, 0.05) is 0 Å². The number of phenolic OH excluding ortho intramolecular Hbond substituents is 1. The summed E-state index contributed by atoms with van der Waals surface area (Å²) in [6.07, 6.45) is 7.56. The van der Waals surface area contributed by atoms with E-state index >= 15 is 0 Å². The number of rotatable bonds is 6. The lowest BCUT2D eigenvalue weighted by molar-refractivity contribution is 0.0920. The van der Waals surface area contributed by atoms with Crippen molar-refractivity contribution >= 4 is 12.0 Å². The second kappa shape index (κ2) is 9.80. The van der Waals surface area contributed by atoms with Gasteiger partial charge in [0.1, 0.15) is 5.82 Å². The Bertz CT molecular complexity index is 1560. The quantitative estimate of drug-likeness (QED) is 0.292. The maximum atomic E-state index is 14.0. The minimum absolute atomic E-state index is 0.0790. The first-order chi connectivity index (χ1) is 18.8. The molecule has 2 aliphatic rings. The largest absolute Gasteiger partial charge is 0.504 e. The smallest absolute Gasteiger partial charge is 0.255 e. The molecule has 3 aromatic carbocycles. The number of phenols is 1. The number of para-hydroxylation sites is 1. The summed E-state index contributed by atoms with van der Waals surface area (Å²) in [6.45, 7) is 2.29. The van der Waals surface area contributed by atoms with Gasteiger partial charge in [0.2, 0.25) is 0 Å². The molecule has 0 saturated heterocycles. The number of carbonyl (C=O) groups is 1. The van der Waals surface area contributed by atoms with E-state index in [-0.39, 0.29) is 28.8 Å². The molecule has 39 heavy (non-hydrogen) atoms. The van der Waals surface area contributed by atoms with Gasteiger partial charge < -0.3 is 10.4 Å². The summed E-state index contributed by atoms with van der Waals surface area (Å²) >= 11 is 0. The Hall–Kier alpha value is -4.26. The Morgan fingerprint density at radius 1 is 1.10 bits per heavy atom. The van der Waals surface area contributed by atoms with Gasteiger partial charge in [-0.25, -0.2) is 13.5 Å². The van der Waals surface area contributed by atoms with Crippen molar-refractivity contribution in [1.29, 1.82) is 0 Å². The number of carbonyl (C=O) groups excluding carboxylic acids is 1. The second-order valence-electron chi connectivity index (χ2n) is 10.8. The van der Waals surface area contributed by atoms with Gasteiger partial charge in [-0.1, -0.05) is 48.9 Å². The van der Waals surface area contributed by atoms with Gasteiger partial charge in [-0.05, 0) is 90.6 Å². The number of hydrogen-bond acceptors (Lipinski definition) is 3. The highest BCUT2D eigenvalue weighted by atomic mass is 19.1. The van der Waals surface area contributed by atoms with Crippen molar-refractivity contribution in [3.63, 3.8) is 0 Å². The number of amides is 1. The number of fused-ring (bicyclic) bond motifs is 2. The van der Waals surface area contributed by atoms with E-state index in [1.807, 2.05) is 41.2 Å². The van der Waals surface area contributed by atoms with Gasteiger partial charge in [-0.3, -0.25) is 4.79 Å². The molecule has 3 atom stereocenters. The van der Waals surface area contributed by atoms with Crippen LogP contribution in [0.5, 0.6) is 5.75 Å². The molecule has 1 saturated carbocycles. The van der Waals surface area contributed by atoms with Crippen LogP contribution < -0.4 is 5.32 Å². The summed E-state index contributed by atoms with van der Waals surface area (Å²) in [6, 6.07) is 19.8. The van der Waals surface area contributed by atoms with Crippen molar-refractivity contribution in [2.45, 2.75) is 38.6 Å². The van der Waals surface area contributed by atoms with E-state index in [0.29, 0.717) is 6.42 Å². The number of halogens is 2. The van der Waals surface area contributed by atoms with Crippen LogP contribution in [0.15, 0.2) is 84.6 Å². The standard InChI is InChI=1S/C32H29F2N3O2/c1-32-18-21-19-35-37(25-14-12-24(33)13-15-25)29(21)17-23(32)11-10-22(32)16-28(20-6-3-2-4-7-20)36-31(39)26-8-5-9-27(34)30(26)38/h2-9,12-15,17,19,22,28,38H,10-11,16,18H2,1H3,(H,36,39). The van der Waals surface area contributed by atoms with Crippen molar-refractivity contribution in [2.24, 2.45) is 11.3 Å². The Morgan fingerprint density at radius 2 is 1.87 bits per heavy atom. The van der Waals surface area contributed by atoms with Crippen LogP contribution in [0, 0.1) is 23.0 Å². The van der Waals surface area contributed by atoms with Crippen molar-refractivity contribution < 1.29 is 18.7 Å². The van der Waals surface area contributed by atoms with Crippen LogP contribution in [0.2, 0.25) is 0 Å². The normalized spacial score (nSPS) is 20.6. The molecule has 2 N–H and O–H groups in total. The molecule has 3 unspecified atom stereocenters. The molecular formula is C32H29F2N3O2. The number of aromatic hydroxyl groups is 1. The maximum absolute atomic E-state index is 14.0. The number of hydrogen-bond donors (Lipinski definition) is 2. The van der Waals surface area contributed by atoms with Gasteiger partial charge in [0.05, 0.1) is 29.2 Å². The Morgan fingerprint density at radius 3 is 2.64 bits per heavy atom. The topological polar surface area (TPSA) is 67.2 Å². The third-order valence-corrected chi connectivity index (χ3v) is 8.48. The predicted molar refractivity (Wildman–Crippen MR) is 145 cm³/mol. The fraction of sp³-hybridized carbons (Fsp3) is 0.250. The van der Waals surface area contributed by atoms with Crippen molar-refractivity contribution in [3.05, 3.63) is 119 Å². The molecule has 0 aliphatic heterocycles. The van der Waals surface area contributed by atoms with Crippen molar-refractivity contribution in [2.75, 3.05) is 0 Å². The summed E-state index contributed by atoms with van der Waals surface area (Å²) in [5.74, 6) is -1.98. The lowest BCUT2D eigenvalue weighted by atomic mass is 9.68. The summed E-state index contributed by atoms with van der Waals surface area (Å²) < 4.78 is 29.3. The predicted octanol–water partition coefficient (Wildman–Crippen LogP) is 6.77. The van der Waals surface area contributed by atoms with Crippen LogP contribution in [0.3, 0.4) is 0 Å². The first kappa shape index (κ1) is 25.0. The van der Waals surface area contributed by atoms with E-state index in [1.165, 1.54) is 29.8 Å². The highest BCUT2D eigenvalue weighted by molar-refractivity contribution is 5.97. The molecule has 4 aromatic rings. The zero-order chi connectivity index (χ0) is 27.1. The SMILES string of the molecule is CC12Cc3cnn(-c4ccc(F)cc4)c3C=C1CCC2CC(NC(=O)c1cccc(F)c1O)c1ccccc1. The van der Waals surface area contributed by atoms with E-state index in [9.17, 15) is 18.7 Å². The molecule has 1 aromatic heterocycles. The highest BCUT2D eigenvalue weighted by Gasteiger charge is 2.46. The number of benzene rings is 3. The molecular weight excluding hydrogens is 496 g/mol. The van der Waals surface area contributed by atoms with Crippen LogP contribution in [-0.2, 0) is 6.42 Å². The van der Waals surface area contributed by atoms with Crippen LogP contribution in [0.1, 0.15) is 59.4 Å². The molecule has 1 fully saturated rings. The van der Waals surface area contributed by atoms with Gasteiger partial charge in [-0.2, -0.15) is 5.10 Å². The van der Waals surface area contributed by atoms with Crippen LogP contribution in [0.4, 0.5) is 8.78 Å². The lowest BCUT2D eigenvalue weighted by Crippen LogP contribution is -2.35. The van der Waals surface area contributed by atoms with E-state index in [2.05, 4.69) is 23.4 Å². The number of allylic oxidation sites excluding steroid dienone is 1. The maximum Gasteiger partial charge on any atom is 0.255 e. The second-order valence-corrected chi connectivity index (χ2v) is 10.8. The molecule has 1 amide bonds. The van der Waals surface area contributed by atoms with E-state index < -0.39 is 17.5 Å². The molecule has 2 aliphatic carbocycles. The van der Waals surface area contributed by atoms with Gasteiger partial charge in [0.15, 0.2) is 11.6 Å². The highest BCUT2D eigenvalue weighted by Crippen LogP contribution is 2.55. The first-order valence-electron chi connectivity index (χ1n) is 13.2. The summed E-state index contributed by atoms with van der Waals surface area (Å²) in [5.41, 5.74) is 5.12. The molecule has 0 bridgehead atoms. The number of nitrogens with zero attached hydrogens (tertiary/aromatic N) is 2. The molecule has 1 heterocycles. The van der Waals surface area contributed by atoms with Crippen molar-refractivity contribution in [3.8, 4) is 11.4 Å². The van der Waals surface area contributed by atoms with Gasteiger partial charge >= 0.3 is 0 Å². The Kier molecular flexibility index (Phi) is 6.29. The van der Waals surface area contributed by atoms with E-state index in [4.69, 9.17) is 0 Å². The van der Waals surface area contributed by atoms with Gasteiger partial charge in [0.25, 0.3) is 5.91 Å². The van der Waals surface area contributed by atoms with Crippen molar-refractivity contribution in [1.82, 2.24) is 15.1 Å². The lowest BCUT2D eigenvalue weighted by Gasteiger charge is -2.37.